The maximum absolute atomic E-state index is 13.8. The molecule has 3 aromatic rings. The Morgan fingerprint density at radius 1 is 1.06 bits per heavy atom. The highest BCUT2D eigenvalue weighted by molar-refractivity contribution is 6.31. The zero-order chi connectivity index (χ0) is 21.6. The average molecular weight is 436 g/mol. The van der Waals surface area contributed by atoms with Crippen molar-refractivity contribution in [1.29, 1.82) is 0 Å². The highest BCUT2D eigenvalue weighted by atomic mass is 35.5. The molecular formula is C25H26ClN3O2. The molecule has 6 heteroatoms. The smallest absolute Gasteiger partial charge is 0.275 e. The van der Waals surface area contributed by atoms with Gasteiger partial charge in [-0.05, 0) is 50.1 Å². The molecule has 1 N–H and O–H groups in total. The van der Waals surface area contributed by atoms with Gasteiger partial charge in [0.05, 0.1) is 6.54 Å². The van der Waals surface area contributed by atoms with Crippen molar-refractivity contribution in [2.24, 2.45) is 0 Å². The highest BCUT2D eigenvalue weighted by Crippen LogP contribution is 2.37. The number of nitrogens with zero attached hydrogens (tertiary/aromatic N) is 2. The van der Waals surface area contributed by atoms with Gasteiger partial charge >= 0.3 is 0 Å². The number of hydrogen-bond donors (Lipinski definition) is 1. The first-order chi connectivity index (χ1) is 15.0. The largest absolute Gasteiger partial charge is 0.351 e. The molecule has 1 atom stereocenters. The van der Waals surface area contributed by atoms with E-state index in [1.165, 1.54) is 6.42 Å². The molecule has 0 saturated heterocycles. The van der Waals surface area contributed by atoms with E-state index in [0.717, 1.165) is 36.6 Å². The van der Waals surface area contributed by atoms with Crippen molar-refractivity contribution in [3.63, 3.8) is 0 Å². The van der Waals surface area contributed by atoms with Crippen LogP contribution in [0.1, 0.15) is 49.5 Å². The van der Waals surface area contributed by atoms with Crippen LogP contribution in [0.5, 0.6) is 0 Å². The van der Waals surface area contributed by atoms with Gasteiger partial charge in [-0.1, -0.05) is 55.1 Å². The molecule has 1 aliphatic heterocycles. The molecule has 2 amide bonds. The van der Waals surface area contributed by atoms with E-state index in [1.54, 1.807) is 17.0 Å². The number of nitrogens with one attached hydrogen (secondary N) is 1. The maximum atomic E-state index is 13.8. The van der Waals surface area contributed by atoms with Crippen LogP contribution in [0, 0.1) is 0 Å². The lowest BCUT2D eigenvalue weighted by Crippen LogP contribution is -2.65. The summed E-state index contributed by atoms with van der Waals surface area (Å²) in [5, 5.41) is 4.78. The summed E-state index contributed by atoms with van der Waals surface area (Å²) >= 11 is 6.26. The van der Waals surface area contributed by atoms with Crippen molar-refractivity contribution in [3.8, 4) is 0 Å². The van der Waals surface area contributed by atoms with E-state index >= 15 is 0 Å². The molecule has 0 bridgehead atoms. The molecule has 0 radical (unpaired) electrons. The van der Waals surface area contributed by atoms with E-state index in [1.807, 2.05) is 54.0 Å². The molecule has 1 aliphatic carbocycles. The van der Waals surface area contributed by atoms with Crippen molar-refractivity contribution in [3.05, 3.63) is 65.3 Å². The first-order valence-electron chi connectivity index (χ1n) is 11.0. The zero-order valence-corrected chi connectivity index (χ0v) is 18.4. The lowest BCUT2D eigenvalue weighted by Gasteiger charge is -2.44. The number of carbonyl (C=O) groups excluding carboxylic acids is 2. The van der Waals surface area contributed by atoms with Crippen LogP contribution in [-0.4, -0.2) is 28.0 Å². The molecule has 2 aromatic carbocycles. The Kier molecular flexibility index (Phi) is 5.01. The predicted octanol–water partition coefficient (Wildman–Crippen LogP) is 5.16. The molecule has 0 spiro atoms. The first kappa shape index (κ1) is 20.1. The summed E-state index contributed by atoms with van der Waals surface area (Å²) in [6.45, 7) is 2.24. The maximum Gasteiger partial charge on any atom is 0.275 e. The van der Waals surface area contributed by atoms with Gasteiger partial charge in [-0.2, -0.15) is 0 Å². The second-order valence-corrected chi connectivity index (χ2v) is 9.31. The van der Waals surface area contributed by atoms with Crippen molar-refractivity contribution in [2.75, 3.05) is 4.90 Å². The fraction of sp³-hybridized carbons (Fsp3) is 0.360. The molecule has 0 unspecified atom stereocenters. The summed E-state index contributed by atoms with van der Waals surface area (Å²) in [5.41, 5.74) is 1.11. The minimum atomic E-state index is -1.08. The zero-order valence-electron chi connectivity index (χ0n) is 17.6. The molecule has 31 heavy (non-hydrogen) atoms. The summed E-state index contributed by atoms with van der Waals surface area (Å²) in [4.78, 5) is 29.1. The van der Waals surface area contributed by atoms with Crippen LogP contribution >= 0.6 is 11.6 Å². The molecule has 1 aromatic heterocycles. The topological polar surface area (TPSA) is 54.3 Å². The normalized spacial score (nSPS) is 21.9. The molecule has 1 saturated carbocycles. The minimum Gasteiger partial charge on any atom is -0.351 e. The van der Waals surface area contributed by atoms with Gasteiger partial charge < -0.3 is 9.88 Å². The Labute approximate surface area is 187 Å². The number of para-hydroxylation sites is 1. The number of amides is 2. The quantitative estimate of drug-likeness (QED) is 0.617. The summed E-state index contributed by atoms with van der Waals surface area (Å²) < 4.78 is 1.99. The van der Waals surface area contributed by atoms with Gasteiger partial charge in [-0.25, -0.2) is 0 Å². The van der Waals surface area contributed by atoms with E-state index in [0.29, 0.717) is 22.9 Å². The molecule has 5 rings (SSSR count). The number of hydrogen-bond acceptors (Lipinski definition) is 2. The first-order valence-corrected chi connectivity index (χ1v) is 11.3. The van der Waals surface area contributed by atoms with E-state index in [4.69, 9.17) is 11.6 Å². The predicted molar refractivity (Wildman–Crippen MR) is 124 cm³/mol. The van der Waals surface area contributed by atoms with Gasteiger partial charge in [0.15, 0.2) is 0 Å². The summed E-state index contributed by atoms with van der Waals surface area (Å²) in [6.07, 6.45) is 5.46. The van der Waals surface area contributed by atoms with Gasteiger partial charge in [0.25, 0.3) is 5.91 Å². The third-order valence-electron chi connectivity index (χ3n) is 6.69. The van der Waals surface area contributed by atoms with E-state index in [-0.39, 0.29) is 17.9 Å². The Bertz CT molecular complexity index is 1160. The van der Waals surface area contributed by atoms with Gasteiger partial charge in [-0.3, -0.25) is 14.5 Å². The number of anilines is 1. The lowest BCUT2D eigenvalue weighted by molar-refractivity contribution is -0.127. The van der Waals surface area contributed by atoms with Crippen LogP contribution in [0.4, 0.5) is 5.69 Å². The summed E-state index contributed by atoms with van der Waals surface area (Å²) in [5.74, 6) is -0.304. The standard InChI is InChI=1S/C25H26ClN3O2/c1-25(24(31)27-19-10-3-2-4-11-19)16-28-21-13-6-5-8-17(21)14-22(28)23(30)29(25)20-12-7-9-18(26)15-20/h5-9,12-15,19H,2-4,10-11,16H2,1H3,(H,27,31)/t25-/m0/s1. The van der Waals surface area contributed by atoms with Gasteiger partial charge in [0.2, 0.25) is 5.91 Å². The van der Waals surface area contributed by atoms with Crippen molar-refractivity contribution >= 4 is 40.0 Å². The third-order valence-corrected chi connectivity index (χ3v) is 6.92. The Hall–Kier alpha value is -2.79. The minimum absolute atomic E-state index is 0.115. The highest BCUT2D eigenvalue weighted by Gasteiger charge is 2.49. The Morgan fingerprint density at radius 3 is 2.61 bits per heavy atom. The number of aromatic nitrogens is 1. The summed E-state index contributed by atoms with van der Waals surface area (Å²) in [7, 11) is 0. The van der Waals surface area contributed by atoms with Crippen LogP contribution < -0.4 is 10.2 Å². The average Bonchev–Trinajstić information content (AvgIpc) is 3.13. The second-order valence-electron chi connectivity index (χ2n) is 8.88. The van der Waals surface area contributed by atoms with E-state index < -0.39 is 5.54 Å². The summed E-state index contributed by atoms with van der Waals surface area (Å²) in [6, 6.07) is 17.2. The number of rotatable bonds is 3. The molecule has 5 nitrogen and oxygen atoms in total. The number of fused-ring (bicyclic) bond motifs is 3. The molecule has 1 fully saturated rings. The molecule has 2 aliphatic rings. The fourth-order valence-corrected chi connectivity index (χ4v) is 5.24. The van der Waals surface area contributed by atoms with Crippen LogP contribution in [0.15, 0.2) is 54.6 Å². The van der Waals surface area contributed by atoms with Crippen LogP contribution in [-0.2, 0) is 11.3 Å². The van der Waals surface area contributed by atoms with Gasteiger partial charge in [-0.15, -0.1) is 0 Å². The van der Waals surface area contributed by atoms with Gasteiger partial charge in [0, 0.05) is 27.7 Å². The Balaban J connectivity index is 1.62. The third kappa shape index (κ3) is 3.41. The van der Waals surface area contributed by atoms with Crippen molar-refractivity contribution < 1.29 is 9.59 Å². The molecule has 2 heterocycles. The van der Waals surface area contributed by atoms with Gasteiger partial charge in [0.1, 0.15) is 11.2 Å². The van der Waals surface area contributed by atoms with Crippen molar-refractivity contribution in [2.45, 2.75) is 57.2 Å². The Morgan fingerprint density at radius 2 is 1.84 bits per heavy atom. The van der Waals surface area contributed by atoms with E-state index in [9.17, 15) is 9.59 Å². The number of benzene rings is 2. The molecular weight excluding hydrogens is 410 g/mol. The van der Waals surface area contributed by atoms with Crippen LogP contribution in [0.25, 0.3) is 10.9 Å². The number of carbonyl (C=O) groups is 2. The fourth-order valence-electron chi connectivity index (χ4n) is 5.05. The lowest BCUT2D eigenvalue weighted by atomic mass is 9.91. The van der Waals surface area contributed by atoms with Crippen LogP contribution in [0.2, 0.25) is 5.02 Å². The number of halogens is 1. The van der Waals surface area contributed by atoms with Crippen molar-refractivity contribution in [1.82, 2.24) is 9.88 Å². The van der Waals surface area contributed by atoms with Crippen LogP contribution in [0.3, 0.4) is 0 Å². The monoisotopic (exact) mass is 435 g/mol. The SMILES string of the molecule is C[C@@]1(C(=O)NC2CCCCC2)Cn2c(cc3ccccc32)C(=O)N1c1cccc(Cl)c1. The second kappa shape index (κ2) is 7.72. The molecule has 160 valence electrons. The van der Waals surface area contributed by atoms with E-state index in [2.05, 4.69) is 5.32 Å².